The van der Waals surface area contributed by atoms with Gasteiger partial charge in [0.25, 0.3) is 0 Å². The molecule has 0 fully saturated rings. The van der Waals surface area contributed by atoms with Gasteiger partial charge in [-0.25, -0.2) is 0 Å². The van der Waals surface area contributed by atoms with Crippen LogP contribution in [-0.2, 0) is 6.42 Å². The molecule has 0 atom stereocenters. The molecule has 0 aliphatic heterocycles. The van der Waals surface area contributed by atoms with Gasteiger partial charge < -0.3 is 5.32 Å². The van der Waals surface area contributed by atoms with Crippen LogP contribution >= 0.6 is 12.2 Å². The van der Waals surface area contributed by atoms with Crippen LogP contribution < -0.4 is 10.7 Å². The van der Waals surface area contributed by atoms with E-state index in [0.717, 1.165) is 36.2 Å². The van der Waals surface area contributed by atoms with E-state index in [9.17, 15) is 0 Å². The highest BCUT2D eigenvalue weighted by molar-refractivity contribution is 7.80. The normalized spacial score (nSPS) is 15.5. The first kappa shape index (κ1) is 16.7. The molecule has 0 unspecified atom stereocenters. The molecular weight excluding hydrogens is 314 g/mol. The number of benzene rings is 2. The molecule has 0 heterocycles. The summed E-state index contributed by atoms with van der Waals surface area (Å²) in [5, 5.41) is 8.36. The van der Waals surface area contributed by atoms with Crippen LogP contribution in [0.25, 0.3) is 0 Å². The van der Waals surface area contributed by atoms with Crippen LogP contribution in [0.1, 0.15) is 41.5 Å². The van der Waals surface area contributed by atoms with Gasteiger partial charge in [0.2, 0.25) is 0 Å². The monoisotopic (exact) mass is 337 g/mol. The molecule has 0 radical (unpaired) electrons. The average molecular weight is 337 g/mol. The highest BCUT2D eigenvalue weighted by atomic mass is 32.1. The number of fused-ring (bicyclic) bond motifs is 1. The Balaban J connectivity index is 1.73. The van der Waals surface area contributed by atoms with E-state index in [-0.39, 0.29) is 0 Å². The van der Waals surface area contributed by atoms with Crippen LogP contribution in [0.4, 0.5) is 5.69 Å². The standard InChI is InChI=1S/C20H23N3S/c1-14-11-12-15(2)19(13-14)21-20(24)23-22-18-10-6-4-8-16-7-3-5-9-17(16)18/h3,5,7,9,11-13H,4,6,8,10H2,1-2H3,(H2,21,23,24)/b22-18+. The van der Waals surface area contributed by atoms with Crippen molar-refractivity contribution in [3.63, 3.8) is 0 Å². The van der Waals surface area contributed by atoms with Crippen molar-refractivity contribution in [2.75, 3.05) is 5.32 Å². The summed E-state index contributed by atoms with van der Waals surface area (Å²) < 4.78 is 0. The molecule has 2 aromatic rings. The number of hydrogen-bond acceptors (Lipinski definition) is 2. The Morgan fingerprint density at radius 2 is 1.83 bits per heavy atom. The topological polar surface area (TPSA) is 36.4 Å². The first-order valence-electron chi connectivity index (χ1n) is 8.42. The molecule has 3 rings (SSSR count). The Labute approximate surface area is 149 Å². The summed E-state index contributed by atoms with van der Waals surface area (Å²) in [7, 11) is 0. The maximum Gasteiger partial charge on any atom is 0.191 e. The molecule has 3 nitrogen and oxygen atoms in total. The summed E-state index contributed by atoms with van der Waals surface area (Å²) in [5.74, 6) is 0. The maximum absolute atomic E-state index is 5.41. The van der Waals surface area contributed by atoms with Gasteiger partial charge in [-0.1, -0.05) is 36.4 Å². The zero-order valence-electron chi connectivity index (χ0n) is 14.2. The minimum Gasteiger partial charge on any atom is -0.331 e. The van der Waals surface area contributed by atoms with E-state index in [4.69, 9.17) is 12.2 Å². The second-order valence-electron chi connectivity index (χ2n) is 6.31. The number of rotatable bonds is 2. The van der Waals surface area contributed by atoms with Crippen LogP contribution in [0.2, 0.25) is 0 Å². The number of hydrazone groups is 1. The van der Waals surface area contributed by atoms with E-state index in [1.165, 1.54) is 23.1 Å². The minimum absolute atomic E-state index is 0.526. The van der Waals surface area contributed by atoms with Crippen molar-refractivity contribution in [2.45, 2.75) is 39.5 Å². The smallest absolute Gasteiger partial charge is 0.191 e. The summed E-state index contributed by atoms with van der Waals surface area (Å²) in [4.78, 5) is 0. The van der Waals surface area contributed by atoms with Gasteiger partial charge in [0, 0.05) is 11.3 Å². The molecule has 124 valence electrons. The van der Waals surface area contributed by atoms with E-state index >= 15 is 0 Å². The van der Waals surface area contributed by atoms with Crippen molar-refractivity contribution in [3.8, 4) is 0 Å². The van der Waals surface area contributed by atoms with Gasteiger partial charge in [-0.3, -0.25) is 5.43 Å². The van der Waals surface area contributed by atoms with E-state index in [1.807, 2.05) is 0 Å². The first-order valence-corrected chi connectivity index (χ1v) is 8.83. The molecule has 0 saturated carbocycles. The summed E-state index contributed by atoms with van der Waals surface area (Å²) in [6.45, 7) is 4.14. The third-order valence-corrected chi connectivity index (χ3v) is 4.56. The zero-order chi connectivity index (χ0) is 16.9. The molecule has 1 aliphatic carbocycles. The SMILES string of the molecule is Cc1ccc(C)c(NC(=S)N/N=C2\CCCCc3ccccc32)c1. The Morgan fingerprint density at radius 1 is 1.04 bits per heavy atom. The van der Waals surface area contributed by atoms with Crippen molar-refractivity contribution in [1.82, 2.24) is 5.43 Å². The lowest BCUT2D eigenvalue weighted by Crippen LogP contribution is -2.26. The molecule has 0 aromatic heterocycles. The van der Waals surface area contributed by atoms with Crippen molar-refractivity contribution in [3.05, 3.63) is 64.7 Å². The third-order valence-electron chi connectivity index (χ3n) is 4.37. The third kappa shape index (κ3) is 4.01. The van der Waals surface area contributed by atoms with Crippen LogP contribution in [0.5, 0.6) is 0 Å². The zero-order valence-corrected chi connectivity index (χ0v) is 15.0. The Bertz CT molecular complexity index is 780. The maximum atomic E-state index is 5.41. The average Bonchev–Trinajstić information content (AvgIpc) is 2.78. The molecular formula is C20H23N3S. The van der Waals surface area contributed by atoms with E-state index in [1.54, 1.807) is 0 Å². The van der Waals surface area contributed by atoms with E-state index in [0.29, 0.717) is 5.11 Å². The molecule has 0 saturated heterocycles. The largest absolute Gasteiger partial charge is 0.331 e. The van der Waals surface area contributed by atoms with Gasteiger partial charge in [0.1, 0.15) is 0 Å². The van der Waals surface area contributed by atoms with E-state index in [2.05, 4.69) is 72.2 Å². The number of thiocarbonyl (C=S) groups is 1. The van der Waals surface area contributed by atoms with Crippen LogP contribution in [0.3, 0.4) is 0 Å². The fraction of sp³-hybridized carbons (Fsp3) is 0.300. The van der Waals surface area contributed by atoms with Crippen molar-refractivity contribution < 1.29 is 0 Å². The second kappa shape index (κ2) is 7.58. The van der Waals surface area contributed by atoms with Gasteiger partial charge in [0.15, 0.2) is 5.11 Å². The molecule has 0 amide bonds. The summed E-state index contributed by atoms with van der Waals surface area (Å²) in [6, 6.07) is 14.8. The lowest BCUT2D eigenvalue weighted by molar-refractivity contribution is 0.774. The Hall–Kier alpha value is -2.20. The van der Waals surface area contributed by atoms with Crippen LogP contribution in [0, 0.1) is 13.8 Å². The summed E-state index contributed by atoms with van der Waals surface area (Å²) in [5.41, 5.74) is 10.1. The van der Waals surface area contributed by atoms with Crippen molar-refractivity contribution in [2.24, 2.45) is 5.10 Å². The van der Waals surface area contributed by atoms with Gasteiger partial charge in [-0.15, -0.1) is 0 Å². The summed E-state index contributed by atoms with van der Waals surface area (Å²) in [6.07, 6.45) is 4.48. The molecule has 2 aromatic carbocycles. The van der Waals surface area contributed by atoms with Crippen molar-refractivity contribution in [1.29, 1.82) is 0 Å². The minimum atomic E-state index is 0.526. The van der Waals surface area contributed by atoms with Crippen LogP contribution in [-0.4, -0.2) is 10.8 Å². The predicted octanol–water partition coefficient (Wildman–Crippen LogP) is 4.72. The second-order valence-corrected chi connectivity index (χ2v) is 6.72. The molecule has 0 bridgehead atoms. The molecule has 2 N–H and O–H groups in total. The quantitative estimate of drug-likeness (QED) is 0.473. The van der Waals surface area contributed by atoms with Crippen LogP contribution in [0.15, 0.2) is 47.6 Å². The number of aryl methyl sites for hydroxylation is 3. The van der Waals surface area contributed by atoms with E-state index < -0.39 is 0 Å². The molecule has 24 heavy (non-hydrogen) atoms. The Morgan fingerprint density at radius 3 is 2.71 bits per heavy atom. The van der Waals surface area contributed by atoms with Gasteiger partial charge in [-0.2, -0.15) is 5.10 Å². The number of nitrogens with one attached hydrogen (secondary N) is 2. The van der Waals surface area contributed by atoms with Gasteiger partial charge in [-0.05, 0) is 74.5 Å². The molecule has 0 spiro atoms. The van der Waals surface area contributed by atoms with Gasteiger partial charge in [0.05, 0.1) is 5.71 Å². The first-order chi connectivity index (χ1) is 11.6. The lowest BCUT2D eigenvalue weighted by atomic mass is 10.0. The fourth-order valence-electron chi connectivity index (χ4n) is 3.02. The number of nitrogens with zero attached hydrogens (tertiary/aromatic N) is 1. The Kier molecular flexibility index (Phi) is 5.26. The highest BCUT2D eigenvalue weighted by Gasteiger charge is 2.13. The van der Waals surface area contributed by atoms with Gasteiger partial charge >= 0.3 is 0 Å². The molecule has 4 heteroatoms. The molecule has 1 aliphatic rings. The predicted molar refractivity (Wildman–Crippen MR) is 106 cm³/mol. The highest BCUT2D eigenvalue weighted by Crippen LogP contribution is 2.21. The lowest BCUT2D eigenvalue weighted by Gasteiger charge is -2.12. The number of anilines is 1. The summed E-state index contributed by atoms with van der Waals surface area (Å²) >= 11 is 5.41. The fourth-order valence-corrected chi connectivity index (χ4v) is 3.17. The van der Waals surface area contributed by atoms with Crippen molar-refractivity contribution >= 4 is 28.7 Å². The number of hydrogen-bond donors (Lipinski definition) is 2.